The number of nitrogens with zero attached hydrogens (tertiary/aromatic N) is 3. The highest BCUT2D eigenvalue weighted by atomic mass is 15.5. The molecule has 1 heterocycles. The Kier molecular flexibility index (Phi) is 4.65. The fraction of sp³-hybridized carbons (Fsp3) is 0.529. The quantitative estimate of drug-likeness (QED) is 0.916. The SMILES string of the molecule is C[C@H](NCc1cnn(-c2ccccc2)n1)C1CCCCC1. The van der Waals surface area contributed by atoms with E-state index in [1.807, 2.05) is 36.5 Å². The van der Waals surface area contributed by atoms with Crippen LogP contribution in [0.15, 0.2) is 36.5 Å². The molecule has 0 unspecified atom stereocenters. The molecule has 0 bridgehead atoms. The van der Waals surface area contributed by atoms with Crippen molar-refractivity contribution < 1.29 is 0 Å². The van der Waals surface area contributed by atoms with Crippen molar-refractivity contribution in [3.8, 4) is 5.69 Å². The second kappa shape index (κ2) is 6.85. The predicted molar refractivity (Wildman–Crippen MR) is 84.2 cm³/mol. The van der Waals surface area contributed by atoms with Crippen LogP contribution in [0.1, 0.15) is 44.7 Å². The van der Waals surface area contributed by atoms with E-state index in [1.165, 1.54) is 32.1 Å². The summed E-state index contributed by atoms with van der Waals surface area (Å²) < 4.78 is 0. The van der Waals surface area contributed by atoms with Crippen LogP contribution >= 0.6 is 0 Å². The van der Waals surface area contributed by atoms with Gasteiger partial charge in [-0.2, -0.15) is 15.0 Å². The van der Waals surface area contributed by atoms with Gasteiger partial charge in [-0.1, -0.05) is 37.5 Å². The maximum atomic E-state index is 4.54. The number of benzene rings is 1. The van der Waals surface area contributed by atoms with Crippen molar-refractivity contribution in [1.82, 2.24) is 20.3 Å². The van der Waals surface area contributed by atoms with Gasteiger partial charge in [0, 0.05) is 12.6 Å². The number of hydrogen-bond donors (Lipinski definition) is 1. The van der Waals surface area contributed by atoms with E-state index < -0.39 is 0 Å². The Morgan fingerprint density at radius 3 is 2.71 bits per heavy atom. The molecule has 1 fully saturated rings. The average molecular weight is 284 g/mol. The van der Waals surface area contributed by atoms with Crippen LogP contribution in [0.25, 0.3) is 5.69 Å². The van der Waals surface area contributed by atoms with Crippen LogP contribution in [0.2, 0.25) is 0 Å². The third kappa shape index (κ3) is 3.70. The van der Waals surface area contributed by atoms with Crippen LogP contribution in [-0.2, 0) is 6.54 Å². The first-order chi connectivity index (χ1) is 10.3. The molecule has 0 amide bonds. The molecule has 3 rings (SSSR count). The second-order valence-corrected chi connectivity index (χ2v) is 6.03. The highest BCUT2D eigenvalue weighted by Gasteiger charge is 2.19. The lowest BCUT2D eigenvalue weighted by Crippen LogP contribution is -2.34. The minimum Gasteiger partial charge on any atom is -0.308 e. The van der Waals surface area contributed by atoms with Gasteiger partial charge in [-0.25, -0.2) is 0 Å². The van der Waals surface area contributed by atoms with Crippen LogP contribution in [0.5, 0.6) is 0 Å². The highest BCUT2D eigenvalue weighted by molar-refractivity contribution is 5.28. The van der Waals surface area contributed by atoms with Crippen LogP contribution in [-0.4, -0.2) is 21.0 Å². The van der Waals surface area contributed by atoms with Crippen molar-refractivity contribution in [2.45, 2.75) is 51.6 Å². The number of nitrogens with one attached hydrogen (secondary N) is 1. The molecular formula is C17H24N4. The van der Waals surface area contributed by atoms with E-state index in [-0.39, 0.29) is 0 Å². The molecule has 1 saturated carbocycles. The number of hydrogen-bond acceptors (Lipinski definition) is 3. The van der Waals surface area contributed by atoms with E-state index in [0.717, 1.165) is 23.8 Å². The normalized spacial score (nSPS) is 17.8. The lowest BCUT2D eigenvalue weighted by molar-refractivity contribution is 0.280. The summed E-state index contributed by atoms with van der Waals surface area (Å²) in [5.74, 6) is 0.822. The van der Waals surface area contributed by atoms with Gasteiger partial charge in [0.25, 0.3) is 0 Å². The molecule has 1 aromatic carbocycles. The van der Waals surface area contributed by atoms with Gasteiger partial charge < -0.3 is 5.32 Å². The van der Waals surface area contributed by atoms with Gasteiger partial charge in [-0.05, 0) is 37.8 Å². The van der Waals surface area contributed by atoms with Crippen molar-refractivity contribution in [3.05, 3.63) is 42.2 Å². The van der Waals surface area contributed by atoms with Gasteiger partial charge >= 0.3 is 0 Å². The van der Waals surface area contributed by atoms with Gasteiger partial charge in [0.1, 0.15) is 0 Å². The molecule has 0 spiro atoms. The molecule has 0 radical (unpaired) electrons. The van der Waals surface area contributed by atoms with Crippen LogP contribution < -0.4 is 5.32 Å². The standard InChI is InChI=1S/C17H24N4/c1-14(15-8-4-2-5-9-15)18-12-16-13-19-21(20-16)17-10-6-3-7-11-17/h3,6-7,10-11,13-15,18H,2,4-5,8-9,12H2,1H3/t14-/m0/s1. The number of aromatic nitrogens is 3. The molecule has 4 nitrogen and oxygen atoms in total. The summed E-state index contributed by atoms with van der Waals surface area (Å²) in [4.78, 5) is 1.70. The van der Waals surface area contributed by atoms with E-state index >= 15 is 0 Å². The Hall–Kier alpha value is -1.68. The zero-order chi connectivity index (χ0) is 14.5. The molecule has 1 aromatic heterocycles. The van der Waals surface area contributed by atoms with E-state index in [2.05, 4.69) is 22.4 Å². The van der Waals surface area contributed by atoms with E-state index in [4.69, 9.17) is 0 Å². The van der Waals surface area contributed by atoms with Crippen LogP contribution in [0.4, 0.5) is 0 Å². The maximum Gasteiger partial charge on any atom is 0.0969 e. The monoisotopic (exact) mass is 284 g/mol. The largest absolute Gasteiger partial charge is 0.308 e. The summed E-state index contributed by atoms with van der Waals surface area (Å²) >= 11 is 0. The summed E-state index contributed by atoms with van der Waals surface area (Å²) in [7, 11) is 0. The topological polar surface area (TPSA) is 42.7 Å². The molecule has 4 heteroatoms. The Balaban J connectivity index is 1.55. The summed E-state index contributed by atoms with van der Waals surface area (Å²) in [6, 6.07) is 10.6. The summed E-state index contributed by atoms with van der Waals surface area (Å²) in [6.07, 6.45) is 8.78. The van der Waals surface area contributed by atoms with Crippen molar-refractivity contribution >= 4 is 0 Å². The molecule has 21 heavy (non-hydrogen) atoms. The minimum atomic E-state index is 0.562. The van der Waals surface area contributed by atoms with Gasteiger partial charge in [-0.3, -0.25) is 0 Å². The summed E-state index contributed by atoms with van der Waals surface area (Å²) in [5.41, 5.74) is 2.01. The Morgan fingerprint density at radius 2 is 1.95 bits per heavy atom. The lowest BCUT2D eigenvalue weighted by atomic mass is 9.84. The first-order valence-electron chi connectivity index (χ1n) is 8.03. The van der Waals surface area contributed by atoms with Gasteiger partial charge in [0.2, 0.25) is 0 Å². The summed E-state index contributed by atoms with van der Waals surface area (Å²) in [6.45, 7) is 3.10. The Bertz CT molecular complexity index is 543. The zero-order valence-electron chi connectivity index (χ0n) is 12.7. The van der Waals surface area contributed by atoms with Gasteiger partial charge in [-0.15, -0.1) is 0 Å². The first-order valence-corrected chi connectivity index (χ1v) is 8.03. The Labute approximate surface area is 126 Å². The highest BCUT2D eigenvalue weighted by Crippen LogP contribution is 2.26. The number of rotatable bonds is 5. The van der Waals surface area contributed by atoms with Crippen molar-refractivity contribution in [3.63, 3.8) is 0 Å². The maximum absolute atomic E-state index is 4.54. The minimum absolute atomic E-state index is 0.562. The number of para-hydroxylation sites is 1. The smallest absolute Gasteiger partial charge is 0.0969 e. The molecule has 0 aliphatic heterocycles. The Morgan fingerprint density at radius 1 is 1.19 bits per heavy atom. The predicted octanol–water partition coefficient (Wildman–Crippen LogP) is 3.33. The first kappa shape index (κ1) is 14.3. The van der Waals surface area contributed by atoms with Crippen LogP contribution in [0, 0.1) is 5.92 Å². The molecule has 1 N–H and O–H groups in total. The van der Waals surface area contributed by atoms with E-state index in [0.29, 0.717) is 6.04 Å². The molecule has 2 aromatic rings. The molecule has 0 saturated heterocycles. The zero-order valence-corrected chi connectivity index (χ0v) is 12.7. The molecule has 1 aliphatic carbocycles. The van der Waals surface area contributed by atoms with Crippen molar-refractivity contribution in [2.24, 2.45) is 5.92 Å². The molecular weight excluding hydrogens is 260 g/mol. The fourth-order valence-corrected chi connectivity index (χ4v) is 3.13. The van der Waals surface area contributed by atoms with Gasteiger partial charge in [0.05, 0.1) is 17.6 Å². The van der Waals surface area contributed by atoms with Crippen molar-refractivity contribution in [1.29, 1.82) is 0 Å². The summed E-state index contributed by atoms with van der Waals surface area (Å²) in [5, 5.41) is 12.5. The third-order valence-corrected chi connectivity index (χ3v) is 4.49. The second-order valence-electron chi connectivity index (χ2n) is 6.03. The fourth-order valence-electron chi connectivity index (χ4n) is 3.13. The van der Waals surface area contributed by atoms with Crippen LogP contribution in [0.3, 0.4) is 0 Å². The van der Waals surface area contributed by atoms with E-state index in [9.17, 15) is 0 Å². The van der Waals surface area contributed by atoms with Gasteiger partial charge in [0.15, 0.2) is 0 Å². The van der Waals surface area contributed by atoms with E-state index in [1.54, 1.807) is 4.80 Å². The molecule has 1 aliphatic rings. The molecule has 1 atom stereocenters. The lowest BCUT2D eigenvalue weighted by Gasteiger charge is -2.28. The molecule has 112 valence electrons. The average Bonchev–Trinajstić information content (AvgIpc) is 3.03. The third-order valence-electron chi connectivity index (χ3n) is 4.49. The van der Waals surface area contributed by atoms with Crippen molar-refractivity contribution in [2.75, 3.05) is 0 Å².